The third kappa shape index (κ3) is 1.83. The van der Waals surface area contributed by atoms with Crippen molar-refractivity contribution in [1.82, 2.24) is 19.9 Å². The van der Waals surface area contributed by atoms with E-state index in [4.69, 9.17) is 10.3 Å². The third-order valence-electron chi connectivity index (χ3n) is 2.48. The van der Waals surface area contributed by atoms with Crippen LogP contribution in [-0.4, -0.2) is 26.5 Å². The van der Waals surface area contributed by atoms with Crippen molar-refractivity contribution < 1.29 is 4.52 Å². The zero-order chi connectivity index (χ0) is 11.8. The van der Waals surface area contributed by atoms with Crippen LogP contribution in [0.1, 0.15) is 19.7 Å². The van der Waals surface area contributed by atoms with Gasteiger partial charge in [-0.3, -0.25) is 4.68 Å². The summed E-state index contributed by atoms with van der Waals surface area (Å²) in [6.45, 7) is 4.39. The normalized spacial score (nSPS) is 12.0. The molecule has 0 radical (unpaired) electrons. The molecule has 0 aliphatic carbocycles. The summed E-state index contributed by atoms with van der Waals surface area (Å²) >= 11 is 0. The summed E-state index contributed by atoms with van der Waals surface area (Å²) < 4.78 is 6.90. The van der Waals surface area contributed by atoms with Crippen LogP contribution in [0.25, 0.3) is 11.4 Å². The first kappa shape index (κ1) is 10.8. The number of rotatable bonds is 3. The standard InChI is InChI=1S/C10H15N5O/c1-10(2,6-11)9-13-8(14-16-9)7-4-12-15(3)5-7/h4-5H,6,11H2,1-3H3. The van der Waals surface area contributed by atoms with Crippen molar-refractivity contribution in [3.05, 3.63) is 18.3 Å². The second-order valence-electron chi connectivity index (χ2n) is 4.41. The third-order valence-corrected chi connectivity index (χ3v) is 2.48. The first-order valence-electron chi connectivity index (χ1n) is 5.06. The summed E-state index contributed by atoms with van der Waals surface area (Å²) in [6, 6.07) is 0. The number of hydrogen-bond acceptors (Lipinski definition) is 5. The van der Waals surface area contributed by atoms with Crippen molar-refractivity contribution in [3.8, 4) is 11.4 Å². The lowest BCUT2D eigenvalue weighted by molar-refractivity contribution is 0.311. The molecule has 2 aromatic heterocycles. The highest BCUT2D eigenvalue weighted by Gasteiger charge is 2.26. The van der Waals surface area contributed by atoms with E-state index in [-0.39, 0.29) is 5.41 Å². The zero-order valence-corrected chi connectivity index (χ0v) is 9.64. The second kappa shape index (κ2) is 3.71. The number of hydrogen-bond donors (Lipinski definition) is 1. The molecule has 0 fully saturated rings. The number of nitrogens with zero attached hydrogens (tertiary/aromatic N) is 4. The molecule has 0 saturated carbocycles. The van der Waals surface area contributed by atoms with E-state index in [9.17, 15) is 0 Å². The average molecular weight is 221 g/mol. The van der Waals surface area contributed by atoms with Gasteiger partial charge in [-0.1, -0.05) is 5.16 Å². The number of aryl methyl sites for hydroxylation is 1. The Morgan fingerprint density at radius 3 is 2.81 bits per heavy atom. The molecule has 0 spiro atoms. The van der Waals surface area contributed by atoms with E-state index >= 15 is 0 Å². The maximum atomic E-state index is 5.65. The van der Waals surface area contributed by atoms with Gasteiger partial charge in [0, 0.05) is 19.8 Å². The molecular formula is C10H15N5O. The Balaban J connectivity index is 2.33. The van der Waals surface area contributed by atoms with Gasteiger partial charge in [0.2, 0.25) is 11.7 Å². The molecule has 0 atom stereocenters. The first-order chi connectivity index (χ1) is 7.53. The van der Waals surface area contributed by atoms with Crippen LogP contribution in [0.3, 0.4) is 0 Å². The Morgan fingerprint density at radius 2 is 2.25 bits per heavy atom. The van der Waals surface area contributed by atoms with Crippen LogP contribution >= 0.6 is 0 Å². The van der Waals surface area contributed by atoms with Crippen LogP contribution < -0.4 is 5.73 Å². The zero-order valence-electron chi connectivity index (χ0n) is 9.64. The van der Waals surface area contributed by atoms with Gasteiger partial charge in [0.1, 0.15) is 0 Å². The SMILES string of the molecule is Cn1cc(-c2noc(C(C)(C)CN)n2)cn1. The molecule has 6 nitrogen and oxygen atoms in total. The van der Waals surface area contributed by atoms with E-state index < -0.39 is 0 Å². The molecule has 2 heterocycles. The lowest BCUT2D eigenvalue weighted by atomic mass is 9.94. The van der Waals surface area contributed by atoms with Crippen LogP contribution in [0.2, 0.25) is 0 Å². The van der Waals surface area contributed by atoms with Crippen molar-refractivity contribution in [3.63, 3.8) is 0 Å². The van der Waals surface area contributed by atoms with Gasteiger partial charge >= 0.3 is 0 Å². The van der Waals surface area contributed by atoms with E-state index in [1.807, 2.05) is 27.1 Å². The van der Waals surface area contributed by atoms with Crippen molar-refractivity contribution in [2.75, 3.05) is 6.54 Å². The smallest absolute Gasteiger partial charge is 0.233 e. The summed E-state index contributed by atoms with van der Waals surface area (Å²) in [5, 5.41) is 7.97. The topological polar surface area (TPSA) is 82.8 Å². The molecule has 16 heavy (non-hydrogen) atoms. The Labute approximate surface area is 93.4 Å². The van der Waals surface area contributed by atoms with Gasteiger partial charge < -0.3 is 10.3 Å². The van der Waals surface area contributed by atoms with Crippen molar-refractivity contribution in [2.45, 2.75) is 19.3 Å². The lowest BCUT2D eigenvalue weighted by Crippen LogP contribution is -2.28. The van der Waals surface area contributed by atoms with Gasteiger partial charge in [-0.15, -0.1) is 0 Å². The monoisotopic (exact) mass is 221 g/mol. The predicted molar refractivity (Wildman–Crippen MR) is 58.6 cm³/mol. The summed E-state index contributed by atoms with van der Waals surface area (Å²) in [5.74, 6) is 1.10. The fourth-order valence-corrected chi connectivity index (χ4v) is 1.24. The molecular weight excluding hydrogens is 206 g/mol. The molecule has 2 rings (SSSR count). The molecule has 0 aromatic carbocycles. The largest absolute Gasteiger partial charge is 0.338 e. The second-order valence-corrected chi connectivity index (χ2v) is 4.41. The van der Waals surface area contributed by atoms with Gasteiger partial charge in [-0.2, -0.15) is 10.1 Å². The minimum atomic E-state index is -0.298. The maximum Gasteiger partial charge on any atom is 0.233 e. The van der Waals surface area contributed by atoms with Gasteiger partial charge in [-0.05, 0) is 13.8 Å². The first-order valence-corrected chi connectivity index (χ1v) is 5.06. The number of aromatic nitrogens is 4. The highest BCUT2D eigenvalue weighted by atomic mass is 16.5. The molecule has 2 N–H and O–H groups in total. The van der Waals surface area contributed by atoms with Crippen LogP contribution in [0.4, 0.5) is 0 Å². The minimum Gasteiger partial charge on any atom is -0.338 e. The van der Waals surface area contributed by atoms with Crippen molar-refractivity contribution >= 4 is 0 Å². The van der Waals surface area contributed by atoms with Gasteiger partial charge in [0.25, 0.3) is 0 Å². The molecule has 0 aliphatic heterocycles. The Kier molecular flexibility index (Phi) is 2.51. The van der Waals surface area contributed by atoms with E-state index in [1.54, 1.807) is 10.9 Å². The minimum absolute atomic E-state index is 0.298. The highest BCUT2D eigenvalue weighted by Crippen LogP contribution is 2.22. The van der Waals surface area contributed by atoms with Crippen LogP contribution in [0, 0.1) is 0 Å². The summed E-state index contributed by atoms with van der Waals surface area (Å²) in [4.78, 5) is 4.33. The van der Waals surface area contributed by atoms with E-state index in [0.29, 0.717) is 18.3 Å². The summed E-state index contributed by atoms with van der Waals surface area (Å²) in [6.07, 6.45) is 3.54. The Bertz CT molecular complexity index is 485. The summed E-state index contributed by atoms with van der Waals surface area (Å²) in [5.41, 5.74) is 6.19. The van der Waals surface area contributed by atoms with E-state index in [2.05, 4.69) is 15.2 Å². The Hall–Kier alpha value is -1.69. The van der Waals surface area contributed by atoms with Crippen molar-refractivity contribution in [1.29, 1.82) is 0 Å². The van der Waals surface area contributed by atoms with Crippen molar-refractivity contribution in [2.24, 2.45) is 12.8 Å². The molecule has 0 unspecified atom stereocenters. The molecule has 2 aromatic rings. The fraction of sp³-hybridized carbons (Fsp3) is 0.500. The Morgan fingerprint density at radius 1 is 1.50 bits per heavy atom. The lowest BCUT2D eigenvalue weighted by Gasteiger charge is -2.15. The van der Waals surface area contributed by atoms with E-state index in [1.165, 1.54) is 0 Å². The predicted octanol–water partition coefficient (Wildman–Crippen LogP) is 0.706. The average Bonchev–Trinajstić information content (AvgIpc) is 2.85. The summed E-state index contributed by atoms with van der Waals surface area (Å²) in [7, 11) is 1.84. The quantitative estimate of drug-likeness (QED) is 0.825. The van der Waals surface area contributed by atoms with E-state index in [0.717, 1.165) is 5.56 Å². The molecule has 0 saturated heterocycles. The number of nitrogens with two attached hydrogens (primary N) is 1. The molecule has 0 amide bonds. The van der Waals surface area contributed by atoms with Crippen LogP contribution in [-0.2, 0) is 12.5 Å². The molecule has 0 bridgehead atoms. The van der Waals surface area contributed by atoms with Crippen LogP contribution in [0.15, 0.2) is 16.9 Å². The van der Waals surface area contributed by atoms with Gasteiger partial charge in [0.15, 0.2) is 0 Å². The maximum absolute atomic E-state index is 5.65. The fourth-order valence-electron chi connectivity index (χ4n) is 1.24. The van der Waals surface area contributed by atoms with Crippen LogP contribution in [0.5, 0.6) is 0 Å². The van der Waals surface area contributed by atoms with Gasteiger partial charge in [0.05, 0.1) is 17.2 Å². The highest BCUT2D eigenvalue weighted by molar-refractivity contribution is 5.51. The molecule has 86 valence electrons. The molecule has 6 heteroatoms. The van der Waals surface area contributed by atoms with Gasteiger partial charge in [-0.25, -0.2) is 0 Å². The molecule has 0 aliphatic rings.